The van der Waals surface area contributed by atoms with Crippen molar-refractivity contribution in [3.05, 3.63) is 27.8 Å². The van der Waals surface area contributed by atoms with Crippen molar-refractivity contribution in [1.29, 1.82) is 0 Å². The number of nitrogens with zero attached hydrogens (tertiary/aromatic N) is 1. The topological polar surface area (TPSA) is 38.8 Å². The first-order valence-corrected chi connectivity index (χ1v) is 8.05. The predicted molar refractivity (Wildman–Crippen MR) is 87.7 cm³/mol. The summed E-state index contributed by atoms with van der Waals surface area (Å²) in [6, 6.07) is 2.10. The zero-order chi connectivity index (χ0) is 16.4. The number of amides is 1. The minimum absolute atomic E-state index is 0.0283. The number of morpholine rings is 1. The zero-order valence-corrected chi connectivity index (χ0v) is 14.7. The van der Waals surface area contributed by atoms with Crippen LogP contribution in [0.3, 0.4) is 0 Å². The number of carbonyl (C=O) groups is 1. The van der Waals surface area contributed by atoms with Crippen LogP contribution >= 0.6 is 11.6 Å². The summed E-state index contributed by atoms with van der Waals surface area (Å²) < 4.78 is 11.4. The van der Waals surface area contributed by atoms with Crippen molar-refractivity contribution in [2.24, 2.45) is 0 Å². The number of hydrogen-bond donors (Lipinski definition) is 0. The summed E-state index contributed by atoms with van der Waals surface area (Å²) in [4.78, 5) is 13.8. The Bertz CT molecular complexity index is 572. The second-order valence-corrected chi connectivity index (χ2v) is 6.29. The molecule has 0 N–H and O–H groups in total. The molecule has 1 aliphatic heterocycles. The molecule has 0 spiro atoms. The van der Waals surface area contributed by atoms with Gasteiger partial charge in [0.25, 0.3) is 0 Å². The molecule has 0 radical (unpaired) electrons. The first-order chi connectivity index (χ1) is 10.4. The minimum Gasteiger partial charge on any atom is -0.496 e. The molecule has 0 saturated carbocycles. The Morgan fingerprint density at radius 2 is 2.18 bits per heavy atom. The van der Waals surface area contributed by atoms with Gasteiger partial charge in [-0.2, -0.15) is 0 Å². The summed E-state index contributed by atoms with van der Waals surface area (Å²) in [7, 11) is 1.67. The lowest BCUT2D eigenvalue weighted by molar-refractivity contribution is -0.151. The maximum absolute atomic E-state index is 12.0. The van der Waals surface area contributed by atoms with Crippen LogP contribution in [-0.4, -0.2) is 37.1 Å². The van der Waals surface area contributed by atoms with Gasteiger partial charge in [0.2, 0.25) is 5.91 Å². The molecule has 22 heavy (non-hydrogen) atoms. The second kappa shape index (κ2) is 6.88. The van der Waals surface area contributed by atoms with Crippen LogP contribution < -0.4 is 4.74 Å². The van der Waals surface area contributed by atoms with Gasteiger partial charge in [-0.3, -0.25) is 4.79 Å². The smallest absolute Gasteiger partial charge is 0.248 e. The van der Waals surface area contributed by atoms with Gasteiger partial charge in [0.05, 0.1) is 13.7 Å². The van der Waals surface area contributed by atoms with Crippen LogP contribution in [0.25, 0.3) is 0 Å². The van der Waals surface area contributed by atoms with Crippen molar-refractivity contribution >= 4 is 17.5 Å². The molecule has 4 nitrogen and oxygen atoms in total. The van der Waals surface area contributed by atoms with E-state index >= 15 is 0 Å². The van der Waals surface area contributed by atoms with E-state index in [-0.39, 0.29) is 24.7 Å². The number of rotatable bonds is 4. The first-order valence-electron chi connectivity index (χ1n) is 7.67. The van der Waals surface area contributed by atoms with Crippen molar-refractivity contribution in [2.45, 2.75) is 46.3 Å². The molecular formula is C17H24ClNO3. The van der Waals surface area contributed by atoms with Crippen LogP contribution in [0.2, 0.25) is 5.02 Å². The van der Waals surface area contributed by atoms with Crippen LogP contribution in [0.15, 0.2) is 6.07 Å². The largest absolute Gasteiger partial charge is 0.496 e. The van der Waals surface area contributed by atoms with Gasteiger partial charge in [0, 0.05) is 16.6 Å². The molecule has 5 heteroatoms. The summed E-state index contributed by atoms with van der Waals surface area (Å²) in [5, 5.41) is 0.712. The van der Waals surface area contributed by atoms with E-state index in [1.807, 2.05) is 31.7 Å². The number of carbonyl (C=O) groups excluding carboxylic acids is 1. The van der Waals surface area contributed by atoms with Crippen molar-refractivity contribution < 1.29 is 14.3 Å². The van der Waals surface area contributed by atoms with Gasteiger partial charge in [-0.25, -0.2) is 0 Å². The van der Waals surface area contributed by atoms with E-state index in [0.717, 1.165) is 28.9 Å². The number of methoxy groups -OCH3 is 1. The Hall–Kier alpha value is -1.26. The van der Waals surface area contributed by atoms with Crippen molar-refractivity contribution in [3.63, 3.8) is 0 Å². The van der Waals surface area contributed by atoms with Gasteiger partial charge in [0.1, 0.15) is 18.5 Å². The lowest BCUT2D eigenvalue weighted by atomic mass is 9.95. The lowest BCUT2D eigenvalue weighted by Crippen LogP contribution is -2.46. The predicted octanol–water partition coefficient (Wildman–Crippen LogP) is 3.53. The van der Waals surface area contributed by atoms with Crippen molar-refractivity contribution in [3.8, 4) is 5.75 Å². The van der Waals surface area contributed by atoms with E-state index in [9.17, 15) is 4.79 Å². The highest BCUT2D eigenvalue weighted by Gasteiger charge is 2.32. The summed E-state index contributed by atoms with van der Waals surface area (Å²) in [5.41, 5.74) is 2.98. The quantitative estimate of drug-likeness (QED) is 0.850. The Balaban J connectivity index is 2.47. The second-order valence-electron chi connectivity index (χ2n) is 5.88. The maximum atomic E-state index is 12.0. The van der Waals surface area contributed by atoms with Gasteiger partial charge in [-0.1, -0.05) is 18.5 Å². The van der Waals surface area contributed by atoms with Gasteiger partial charge in [-0.05, 0) is 44.4 Å². The summed E-state index contributed by atoms with van der Waals surface area (Å²) in [6.07, 6.45) is 0.620. The first kappa shape index (κ1) is 17.1. The van der Waals surface area contributed by atoms with E-state index in [2.05, 4.69) is 6.92 Å². The van der Waals surface area contributed by atoms with Crippen LogP contribution in [-0.2, 0) is 16.0 Å². The highest BCUT2D eigenvalue weighted by Crippen LogP contribution is 2.39. The molecular weight excluding hydrogens is 302 g/mol. The van der Waals surface area contributed by atoms with Crippen LogP contribution in [0.1, 0.15) is 43.6 Å². The standard InChI is InChI=1S/C17H24ClNO3/c1-6-12-7-13(18)11(4)16(17(12)21-5)14-8-19(10(2)3)15(20)9-22-14/h7,10,14H,6,8-9H2,1-5H3. The molecule has 2 rings (SSSR count). The number of halogens is 1. The number of benzene rings is 1. The molecule has 0 aliphatic carbocycles. The average Bonchev–Trinajstić information content (AvgIpc) is 2.49. The zero-order valence-electron chi connectivity index (χ0n) is 13.9. The van der Waals surface area contributed by atoms with Crippen molar-refractivity contribution in [2.75, 3.05) is 20.3 Å². The Morgan fingerprint density at radius 1 is 1.50 bits per heavy atom. The van der Waals surface area contributed by atoms with Gasteiger partial charge in [0.15, 0.2) is 0 Å². The molecule has 1 aromatic carbocycles. The van der Waals surface area contributed by atoms with Crippen LogP contribution in [0.5, 0.6) is 5.75 Å². The number of hydrogen-bond acceptors (Lipinski definition) is 3. The SMILES string of the molecule is CCc1cc(Cl)c(C)c(C2CN(C(C)C)C(=O)CO2)c1OC. The Kier molecular flexibility index (Phi) is 5.35. The molecule has 1 atom stereocenters. The molecule has 1 aromatic rings. The monoisotopic (exact) mass is 325 g/mol. The summed E-state index contributed by atoms with van der Waals surface area (Å²) >= 11 is 6.38. The fourth-order valence-electron chi connectivity index (χ4n) is 2.95. The van der Waals surface area contributed by atoms with Crippen LogP contribution in [0, 0.1) is 6.92 Å². The molecule has 1 fully saturated rings. The third kappa shape index (κ3) is 3.08. The van der Waals surface area contributed by atoms with E-state index < -0.39 is 0 Å². The van der Waals surface area contributed by atoms with E-state index in [4.69, 9.17) is 21.1 Å². The Morgan fingerprint density at radius 3 is 2.73 bits per heavy atom. The van der Waals surface area contributed by atoms with Crippen molar-refractivity contribution in [1.82, 2.24) is 4.90 Å². The fraction of sp³-hybridized carbons (Fsp3) is 0.588. The maximum Gasteiger partial charge on any atom is 0.248 e. The third-order valence-corrected chi connectivity index (χ3v) is 4.61. The van der Waals surface area contributed by atoms with E-state index in [0.29, 0.717) is 11.6 Å². The third-order valence-electron chi connectivity index (χ3n) is 4.22. The van der Waals surface area contributed by atoms with E-state index in [1.54, 1.807) is 7.11 Å². The number of ether oxygens (including phenoxy) is 2. The summed E-state index contributed by atoms with van der Waals surface area (Å²) in [6.45, 7) is 8.69. The minimum atomic E-state index is -0.209. The molecule has 1 amide bonds. The highest BCUT2D eigenvalue weighted by molar-refractivity contribution is 6.31. The van der Waals surface area contributed by atoms with Gasteiger partial charge in [-0.15, -0.1) is 0 Å². The normalized spacial score (nSPS) is 19.0. The molecule has 122 valence electrons. The highest BCUT2D eigenvalue weighted by atomic mass is 35.5. The summed E-state index contributed by atoms with van der Waals surface area (Å²) in [5.74, 6) is 0.855. The van der Waals surface area contributed by atoms with E-state index in [1.165, 1.54) is 0 Å². The molecule has 0 aromatic heterocycles. The molecule has 1 aliphatic rings. The lowest BCUT2D eigenvalue weighted by Gasteiger charge is -2.37. The van der Waals surface area contributed by atoms with Gasteiger partial charge < -0.3 is 14.4 Å². The molecule has 0 bridgehead atoms. The number of aryl methyl sites for hydroxylation is 1. The van der Waals surface area contributed by atoms with Gasteiger partial charge >= 0.3 is 0 Å². The van der Waals surface area contributed by atoms with Crippen LogP contribution in [0.4, 0.5) is 0 Å². The average molecular weight is 326 g/mol. The molecule has 1 heterocycles. The molecule has 1 saturated heterocycles. The fourth-order valence-corrected chi connectivity index (χ4v) is 3.18. The molecule has 1 unspecified atom stereocenters. The Labute approximate surface area is 137 Å².